The predicted octanol–water partition coefficient (Wildman–Crippen LogP) is 4.46. The first-order chi connectivity index (χ1) is 13.6. The monoisotopic (exact) mass is 399 g/mol. The molecule has 0 spiro atoms. The van der Waals surface area contributed by atoms with Crippen LogP contribution in [0.1, 0.15) is 29.9 Å². The molecule has 0 saturated carbocycles. The zero-order chi connectivity index (χ0) is 19.9. The molecule has 1 aromatic heterocycles. The summed E-state index contributed by atoms with van der Waals surface area (Å²) in [6.45, 7) is 5.29. The van der Waals surface area contributed by atoms with Crippen molar-refractivity contribution >= 4 is 17.5 Å². The second-order valence-electron chi connectivity index (χ2n) is 5.98. The fourth-order valence-electron chi connectivity index (χ4n) is 2.73. The van der Waals surface area contributed by atoms with Crippen LogP contribution in [0.5, 0.6) is 11.5 Å². The summed E-state index contributed by atoms with van der Waals surface area (Å²) >= 11 is 6.19. The van der Waals surface area contributed by atoms with Gasteiger partial charge in [0, 0.05) is 12.1 Å². The summed E-state index contributed by atoms with van der Waals surface area (Å²) in [4.78, 5) is 12.5. The highest BCUT2D eigenvalue weighted by molar-refractivity contribution is 6.33. The maximum atomic E-state index is 12.5. The van der Waals surface area contributed by atoms with E-state index in [1.54, 1.807) is 12.1 Å². The lowest BCUT2D eigenvalue weighted by molar-refractivity contribution is 0.0946. The van der Waals surface area contributed by atoms with Gasteiger partial charge in [-0.15, -0.1) is 0 Å². The van der Waals surface area contributed by atoms with E-state index in [1.165, 1.54) is 0 Å². The average Bonchev–Trinajstić information content (AvgIpc) is 3.18. The normalized spacial score (nSPS) is 10.5. The average molecular weight is 400 g/mol. The van der Waals surface area contributed by atoms with Crippen molar-refractivity contribution in [3.8, 4) is 22.8 Å². The van der Waals surface area contributed by atoms with Gasteiger partial charge in [0.1, 0.15) is 5.69 Å². The van der Waals surface area contributed by atoms with Gasteiger partial charge in [0.15, 0.2) is 11.5 Å². The Morgan fingerprint density at radius 1 is 1.07 bits per heavy atom. The van der Waals surface area contributed by atoms with E-state index in [0.717, 1.165) is 11.1 Å². The minimum atomic E-state index is -0.252. The summed E-state index contributed by atoms with van der Waals surface area (Å²) in [5.74, 6) is 1.11. The first-order valence-corrected chi connectivity index (χ1v) is 9.47. The number of H-pyrrole nitrogens is 1. The third-order valence-corrected chi connectivity index (χ3v) is 4.36. The van der Waals surface area contributed by atoms with Gasteiger partial charge >= 0.3 is 0 Å². The molecule has 2 N–H and O–H groups in total. The van der Waals surface area contributed by atoms with Crippen LogP contribution in [0.2, 0.25) is 5.02 Å². The molecule has 146 valence electrons. The Bertz CT molecular complexity index is 956. The van der Waals surface area contributed by atoms with Crippen molar-refractivity contribution in [2.24, 2.45) is 0 Å². The van der Waals surface area contributed by atoms with Crippen molar-refractivity contribution in [1.29, 1.82) is 0 Å². The highest BCUT2D eigenvalue weighted by Crippen LogP contribution is 2.29. The molecule has 0 bridgehead atoms. The number of ether oxygens (including phenoxy) is 2. The highest BCUT2D eigenvalue weighted by Gasteiger charge is 2.13. The predicted molar refractivity (Wildman–Crippen MR) is 109 cm³/mol. The van der Waals surface area contributed by atoms with E-state index < -0.39 is 0 Å². The number of nitrogens with one attached hydrogen (secondary N) is 2. The SMILES string of the molecule is CCOc1ccc(CNC(=O)c2cc(-c3ccccc3Cl)n[nH]2)cc1OCC. The number of nitrogens with zero attached hydrogens (tertiary/aromatic N) is 1. The lowest BCUT2D eigenvalue weighted by Gasteiger charge is -2.12. The standard InChI is InChI=1S/C21H22ClN3O3/c1-3-27-19-10-9-14(11-20(19)28-4-2)13-23-21(26)18-12-17(24-25-18)15-7-5-6-8-16(15)22/h5-12H,3-4,13H2,1-2H3,(H,23,26)(H,24,25). The Morgan fingerprint density at radius 3 is 2.57 bits per heavy atom. The van der Waals surface area contributed by atoms with Gasteiger partial charge < -0.3 is 14.8 Å². The Balaban J connectivity index is 1.68. The number of benzene rings is 2. The summed E-state index contributed by atoms with van der Waals surface area (Å²) in [5.41, 5.74) is 2.67. The molecular formula is C21H22ClN3O3. The third-order valence-electron chi connectivity index (χ3n) is 4.03. The fourth-order valence-corrected chi connectivity index (χ4v) is 2.96. The topological polar surface area (TPSA) is 76.2 Å². The molecule has 0 fully saturated rings. The van der Waals surface area contributed by atoms with E-state index in [1.807, 2.05) is 50.2 Å². The van der Waals surface area contributed by atoms with Crippen LogP contribution >= 0.6 is 11.6 Å². The van der Waals surface area contributed by atoms with Crippen molar-refractivity contribution in [3.63, 3.8) is 0 Å². The lowest BCUT2D eigenvalue weighted by atomic mass is 10.1. The van der Waals surface area contributed by atoms with Crippen molar-refractivity contribution < 1.29 is 14.3 Å². The number of carbonyl (C=O) groups excluding carboxylic acids is 1. The van der Waals surface area contributed by atoms with Crippen molar-refractivity contribution in [3.05, 3.63) is 64.8 Å². The molecule has 1 heterocycles. The zero-order valence-electron chi connectivity index (χ0n) is 15.8. The Labute approximate surface area is 168 Å². The molecule has 0 radical (unpaired) electrons. The van der Waals surface area contributed by atoms with Crippen LogP contribution in [-0.2, 0) is 6.54 Å². The van der Waals surface area contributed by atoms with E-state index in [4.69, 9.17) is 21.1 Å². The van der Waals surface area contributed by atoms with Gasteiger partial charge in [-0.25, -0.2) is 0 Å². The van der Waals surface area contributed by atoms with Gasteiger partial charge in [-0.1, -0.05) is 35.9 Å². The van der Waals surface area contributed by atoms with Gasteiger partial charge in [0.25, 0.3) is 5.91 Å². The Morgan fingerprint density at radius 2 is 1.82 bits per heavy atom. The summed E-state index contributed by atoms with van der Waals surface area (Å²) in [5, 5.41) is 10.4. The zero-order valence-corrected chi connectivity index (χ0v) is 16.5. The molecule has 0 unspecified atom stereocenters. The van der Waals surface area contributed by atoms with E-state index >= 15 is 0 Å². The summed E-state index contributed by atoms with van der Waals surface area (Å²) in [6, 6.07) is 14.7. The van der Waals surface area contributed by atoms with E-state index in [9.17, 15) is 4.79 Å². The smallest absolute Gasteiger partial charge is 0.269 e. The molecule has 28 heavy (non-hydrogen) atoms. The minimum Gasteiger partial charge on any atom is -0.490 e. The van der Waals surface area contributed by atoms with Crippen LogP contribution in [0.4, 0.5) is 0 Å². The fraction of sp³-hybridized carbons (Fsp3) is 0.238. The molecular weight excluding hydrogens is 378 g/mol. The van der Waals surface area contributed by atoms with Gasteiger partial charge in [-0.3, -0.25) is 9.89 Å². The molecule has 0 aliphatic rings. The maximum absolute atomic E-state index is 12.5. The molecule has 0 aliphatic carbocycles. The van der Waals surface area contributed by atoms with Crippen molar-refractivity contribution in [2.75, 3.05) is 13.2 Å². The van der Waals surface area contributed by atoms with Crippen LogP contribution in [-0.4, -0.2) is 29.3 Å². The molecule has 0 saturated heterocycles. The van der Waals surface area contributed by atoms with Gasteiger partial charge in [0.05, 0.1) is 23.9 Å². The van der Waals surface area contributed by atoms with Gasteiger partial charge in [-0.2, -0.15) is 5.10 Å². The number of halogens is 1. The molecule has 7 heteroatoms. The second-order valence-corrected chi connectivity index (χ2v) is 6.38. The summed E-state index contributed by atoms with van der Waals surface area (Å²) in [7, 11) is 0. The minimum absolute atomic E-state index is 0.252. The third kappa shape index (κ3) is 4.64. The van der Waals surface area contributed by atoms with Gasteiger partial charge in [-0.05, 0) is 43.7 Å². The summed E-state index contributed by atoms with van der Waals surface area (Å²) in [6.07, 6.45) is 0. The molecule has 3 rings (SSSR count). The van der Waals surface area contributed by atoms with Crippen LogP contribution < -0.4 is 14.8 Å². The largest absolute Gasteiger partial charge is 0.490 e. The first kappa shape index (κ1) is 19.8. The molecule has 0 aliphatic heterocycles. The Kier molecular flexibility index (Phi) is 6.55. The van der Waals surface area contributed by atoms with Crippen LogP contribution in [0.3, 0.4) is 0 Å². The number of hydrogen-bond acceptors (Lipinski definition) is 4. The Hall–Kier alpha value is -2.99. The number of carbonyl (C=O) groups is 1. The number of aromatic nitrogens is 2. The molecule has 2 aromatic carbocycles. The number of amides is 1. The first-order valence-electron chi connectivity index (χ1n) is 9.09. The lowest BCUT2D eigenvalue weighted by Crippen LogP contribution is -2.23. The van der Waals surface area contributed by atoms with Crippen LogP contribution in [0.15, 0.2) is 48.5 Å². The molecule has 0 atom stereocenters. The highest BCUT2D eigenvalue weighted by atomic mass is 35.5. The van der Waals surface area contributed by atoms with Crippen LogP contribution in [0, 0.1) is 0 Å². The molecule has 6 nitrogen and oxygen atoms in total. The van der Waals surface area contributed by atoms with E-state index in [0.29, 0.717) is 47.7 Å². The van der Waals surface area contributed by atoms with Crippen molar-refractivity contribution in [2.45, 2.75) is 20.4 Å². The molecule has 3 aromatic rings. The maximum Gasteiger partial charge on any atom is 0.269 e. The number of hydrogen-bond donors (Lipinski definition) is 2. The second kappa shape index (κ2) is 9.28. The number of aromatic amines is 1. The van der Waals surface area contributed by atoms with E-state index in [2.05, 4.69) is 15.5 Å². The number of rotatable bonds is 8. The van der Waals surface area contributed by atoms with Crippen molar-refractivity contribution in [1.82, 2.24) is 15.5 Å². The van der Waals surface area contributed by atoms with Crippen LogP contribution in [0.25, 0.3) is 11.3 Å². The quantitative estimate of drug-likeness (QED) is 0.586. The molecule has 1 amide bonds. The summed E-state index contributed by atoms with van der Waals surface area (Å²) < 4.78 is 11.2. The van der Waals surface area contributed by atoms with E-state index in [-0.39, 0.29) is 5.91 Å². The van der Waals surface area contributed by atoms with Gasteiger partial charge in [0.2, 0.25) is 0 Å².